The number of hydrogen-bond acceptors (Lipinski definition) is 4. The maximum absolute atomic E-state index is 12.4. The Hall–Kier alpha value is -1.58. The van der Waals surface area contributed by atoms with E-state index < -0.39 is 0 Å². The Kier molecular flexibility index (Phi) is 11.9. The zero-order valence-electron chi connectivity index (χ0n) is 18.4. The van der Waals surface area contributed by atoms with Crippen LogP contribution < -0.4 is 10.2 Å². The van der Waals surface area contributed by atoms with E-state index in [4.69, 9.17) is 4.99 Å². The summed E-state index contributed by atoms with van der Waals surface area (Å²) in [7, 11) is 1.91. The largest absolute Gasteiger partial charge is 0.357 e. The number of rotatable bonds is 8. The molecule has 2 rings (SSSR count). The first kappa shape index (κ1) is 25.5. The molecule has 0 radical (unpaired) electrons. The van der Waals surface area contributed by atoms with Crippen molar-refractivity contribution >= 4 is 41.7 Å². The average molecular weight is 516 g/mol. The van der Waals surface area contributed by atoms with Crippen LogP contribution >= 0.6 is 24.0 Å². The molecule has 1 N–H and O–H groups in total. The van der Waals surface area contributed by atoms with E-state index >= 15 is 0 Å². The number of carbonyl (C=O) groups is 1. The van der Waals surface area contributed by atoms with E-state index in [2.05, 4.69) is 21.3 Å². The van der Waals surface area contributed by atoms with Crippen molar-refractivity contribution in [2.75, 3.05) is 51.2 Å². The van der Waals surface area contributed by atoms with Gasteiger partial charge in [-0.05, 0) is 57.7 Å². The van der Waals surface area contributed by atoms with E-state index in [0.717, 1.165) is 50.1 Å². The normalized spacial score (nSPS) is 14.2. The van der Waals surface area contributed by atoms with Gasteiger partial charge in [-0.3, -0.25) is 4.79 Å². The third-order valence-corrected chi connectivity index (χ3v) is 5.09. The molecule has 1 aliphatic rings. The number of carbonyl (C=O) groups excluding carboxylic acids is 1. The van der Waals surface area contributed by atoms with Crippen molar-refractivity contribution in [1.29, 1.82) is 0 Å². The van der Waals surface area contributed by atoms with Crippen molar-refractivity contribution in [1.82, 2.24) is 20.1 Å². The lowest BCUT2D eigenvalue weighted by atomic mass is 10.1. The maximum Gasteiger partial charge on any atom is 0.242 e. The summed E-state index contributed by atoms with van der Waals surface area (Å²) in [6.45, 7) is 11.3. The third-order valence-electron chi connectivity index (χ3n) is 5.09. The van der Waals surface area contributed by atoms with Gasteiger partial charge in [0.15, 0.2) is 5.96 Å². The molecule has 2 heterocycles. The van der Waals surface area contributed by atoms with Gasteiger partial charge >= 0.3 is 0 Å². The van der Waals surface area contributed by atoms with Crippen molar-refractivity contribution in [2.45, 2.75) is 46.6 Å². The number of anilines is 1. The molecule has 0 atom stereocenters. The molecule has 1 fully saturated rings. The Morgan fingerprint density at radius 3 is 2.52 bits per heavy atom. The molecule has 1 saturated heterocycles. The molecule has 0 unspecified atom stereocenters. The topological polar surface area (TPSA) is 64.1 Å². The first-order valence-corrected chi connectivity index (χ1v) is 10.6. The Labute approximate surface area is 193 Å². The first-order chi connectivity index (χ1) is 13.6. The van der Waals surface area contributed by atoms with Crippen LogP contribution in [0.1, 0.15) is 45.6 Å². The highest BCUT2D eigenvalue weighted by Gasteiger charge is 2.15. The number of guanidine groups is 1. The molecule has 1 amide bonds. The fourth-order valence-corrected chi connectivity index (χ4v) is 3.44. The standard InChI is InChI=1S/C21H36N6O.HI/c1-5-22-21(25(4)17-20(28)26(6-2)7-3)24-16-18-11-12-23-19(15-18)27-13-9-8-10-14-27;/h11-12,15H,5-10,13-14,16-17H2,1-4H3,(H,22,24);1H. The monoisotopic (exact) mass is 516 g/mol. The maximum atomic E-state index is 12.4. The number of nitrogens with zero attached hydrogens (tertiary/aromatic N) is 5. The van der Waals surface area contributed by atoms with Crippen molar-refractivity contribution in [3.05, 3.63) is 23.9 Å². The Balaban J connectivity index is 0.00000420. The second kappa shape index (κ2) is 13.6. The molecule has 0 bridgehead atoms. The molecule has 0 spiro atoms. The van der Waals surface area contributed by atoms with Crippen LogP contribution in [-0.4, -0.2) is 73.0 Å². The number of piperidine rings is 1. The summed E-state index contributed by atoms with van der Waals surface area (Å²) in [5, 5.41) is 3.29. The number of aromatic nitrogens is 1. The summed E-state index contributed by atoms with van der Waals surface area (Å²) in [4.78, 5) is 27.8. The zero-order valence-corrected chi connectivity index (χ0v) is 20.7. The zero-order chi connectivity index (χ0) is 20.4. The van der Waals surface area contributed by atoms with Gasteiger partial charge in [0.25, 0.3) is 0 Å². The van der Waals surface area contributed by atoms with Crippen LogP contribution in [0.25, 0.3) is 0 Å². The van der Waals surface area contributed by atoms with E-state index in [1.165, 1.54) is 19.3 Å². The van der Waals surface area contributed by atoms with E-state index in [-0.39, 0.29) is 29.9 Å². The van der Waals surface area contributed by atoms with Gasteiger partial charge in [-0.1, -0.05) is 0 Å². The first-order valence-electron chi connectivity index (χ1n) is 10.6. The van der Waals surface area contributed by atoms with Gasteiger partial charge in [0, 0.05) is 46.0 Å². The van der Waals surface area contributed by atoms with E-state index in [0.29, 0.717) is 13.1 Å². The summed E-state index contributed by atoms with van der Waals surface area (Å²) >= 11 is 0. The molecular weight excluding hydrogens is 479 g/mol. The molecule has 1 aromatic rings. The summed E-state index contributed by atoms with van der Waals surface area (Å²) in [5.74, 6) is 1.91. The van der Waals surface area contributed by atoms with Crippen LogP contribution in [0.15, 0.2) is 23.3 Å². The third kappa shape index (κ3) is 7.98. The Morgan fingerprint density at radius 1 is 1.21 bits per heavy atom. The lowest BCUT2D eigenvalue weighted by Gasteiger charge is -2.28. The number of halogens is 1. The predicted octanol–water partition coefficient (Wildman–Crippen LogP) is 2.96. The van der Waals surface area contributed by atoms with Crippen molar-refractivity contribution in [3.63, 3.8) is 0 Å². The Bertz CT molecular complexity index is 644. The summed E-state index contributed by atoms with van der Waals surface area (Å²) in [6.07, 6.45) is 5.65. The van der Waals surface area contributed by atoms with Gasteiger partial charge in [-0.2, -0.15) is 0 Å². The fraction of sp³-hybridized carbons (Fsp3) is 0.667. The molecule has 0 saturated carbocycles. The predicted molar refractivity (Wildman–Crippen MR) is 131 cm³/mol. The van der Waals surface area contributed by atoms with Crippen molar-refractivity contribution < 1.29 is 4.79 Å². The molecule has 164 valence electrons. The molecule has 8 heteroatoms. The minimum atomic E-state index is 0. The van der Waals surface area contributed by atoms with Crippen molar-refractivity contribution in [3.8, 4) is 0 Å². The molecule has 0 aliphatic carbocycles. The number of hydrogen-bond donors (Lipinski definition) is 1. The van der Waals surface area contributed by atoms with Gasteiger partial charge in [0.2, 0.25) is 5.91 Å². The second-order valence-corrected chi connectivity index (χ2v) is 7.16. The number of likely N-dealkylation sites (N-methyl/N-ethyl adjacent to an activating group) is 2. The van der Waals surface area contributed by atoms with E-state index in [1.807, 2.05) is 49.9 Å². The van der Waals surface area contributed by atoms with Crippen LogP contribution in [0.5, 0.6) is 0 Å². The summed E-state index contributed by atoms with van der Waals surface area (Å²) < 4.78 is 0. The number of pyridine rings is 1. The van der Waals surface area contributed by atoms with E-state index in [1.54, 1.807) is 0 Å². The fourth-order valence-electron chi connectivity index (χ4n) is 3.44. The second-order valence-electron chi connectivity index (χ2n) is 7.16. The van der Waals surface area contributed by atoms with Crippen LogP contribution in [0.3, 0.4) is 0 Å². The number of nitrogens with one attached hydrogen (secondary N) is 1. The van der Waals surface area contributed by atoms with Gasteiger partial charge in [0.1, 0.15) is 5.82 Å². The van der Waals surface area contributed by atoms with Gasteiger partial charge < -0.3 is 20.0 Å². The van der Waals surface area contributed by atoms with E-state index in [9.17, 15) is 4.79 Å². The molecule has 1 aliphatic heterocycles. The highest BCUT2D eigenvalue weighted by Crippen LogP contribution is 2.18. The van der Waals surface area contributed by atoms with Gasteiger partial charge in [-0.25, -0.2) is 9.98 Å². The Morgan fingerprint density at radius 2 is 1.90 bits per heavy atom. The molecule has 29 heavy (non-hydrogen) atoms. The van der Waals surface area contributed by atoms with Crippen LogP contribution in [-0.2, 0) is 11.3 Å². The number of amides is 1. The lowest BCUT2D eigenvalue weighted by molar-refractivity contribution is -0.131. The van der Waals surface area contributed by atoms with Crippen molar-refractivity contribution in [2.24, 2.45) is 4.99 Å². The summed E-state index contributed by atoms with van der Waals surface area (Å²) in [5.41, 5.74) is 1.13. The molecule has 7 nitrogen and oxygen atoms in total. The minimum Gasteiger partial charge on any atom is -0.357 e. The quantitative estimate of drug-likeness (QED) is 0.327. The van der Waals surface area contributed by atoms with Gasteiger partial charge in [0.05, 0.1) is 13.1 Å². The SMILES string of the molecule is CCNC(=NCc1ccnc(N2CCCCC2)c1)N(C)CC(=O)N(CC)CC.I. The van der Waals surface area contributed by atoms with Crippen LogP contribution in [0.2, 0.25) is 0 Å². The average Bonchev–Trinajstić information content (AvgIpc) is 2.72. The molecule has 1 aromatic heterocycles. The highest BCUT2D eigenvalue weighted by atomic mass is 127. The lowest BCUT2D eigenvalue weighted by Crippen LogP contribution is -2.45. The molecule has 0 aromatic carbocycles. The van der Waals surface area contributed by atoms with Crippen LogP contribution in [0, 0.1) is 0 Å². The van der Waals surface area contributed by atoms with Crippen LogP contribution in [0.4, 0.5) is 5.82 Å². The smallest absolute Gasteiger partial charge is 0.242 e. The molecular formula is C21H37IN6O. The highest BCUT2D eigenvalue weighted by molar-refractivity contribution is 14.0. The van der Waals surface area contributed by atoms with Gasteiger partial charge in [-0.15, -0.1) is 24.0 Å². The minimum absolute atomic E-state index is 0. The number of aliphatic imine (C=N–C) groups is 1. The summed E-state index contributed by atoms with van der Waals surface area (Å²) in [6, 6.07) is 4.15.